The zero-order chi connectivity index (χ0) is 47.9. The largest absolute Gasteiger partial charge is 0.462 e. The van der Waals surface area contributed by atoms with Crippen molar-refractivity contribution in [1.82, 2.24) is 0 Å². The third kappa shape index (κ3) is 52.1. The van der Waals surface area contributed by atoms with E-state index in [2.05, 4.69) is 81.5 Å². The molecule has 0 rings (SSSR count). The van der Waals surface area contributed by atoms with Gasteiger partial charge in [-0.15, -0.1) is 0 Å². The Morgan fingerprint density at radius 2 is 0.545 bits per heavy atom. The van der Waals surface area contributed by atoms with Gasteiger partial charge < -0.3 is 14.2 Å². The van der Waals surface area contributed by atoms with Crippen LogP contribution in [0.4, 0.5) is 0 Å². The standard InChI is InChI=1S/C60H106O6/c1-4-7-10-13-16-19-22-25-28-30-33-35-38-41-44-47-50-53-59(62)65-56-57(55-64-58(61)52-49-46-43-40-37-34-31-27-24-21-18-15-12-9-6-3)66-60(63)54-51-48-45-42-39-36-32-29-26-23-20-17-14-11-8-5-2/h18,21,25,27-29,31-32,37,40,57H,4-17,19-20,22-24,26,30,33-36,38-39,41-56H2,1-3H3/b21-18-,28-25-,31-27-,32-29-,40-37-/t57-/m1/s1. The predicted molar refractivity (Wildman–Crippen MR) is 284 cm³/mol. The Bertz CT molecular complexity index is 1200. The minimum Gasteiger partial charge on any atom is -0.462 e. The molecule has 0 saturated carbocycles. The molecule has 6 nitrogen and oxygen atoms in total. The number of hydrogen-bond donors (Lipinski definition) is 0. The lowest BCUT2D eigenvalue weighted by atomic mass is 10.1. The molecule has 382 valence electrons. The summed E-state index contributed by atoms with van der Waals surface area (Å²) in [6, 6.07) is 0. The van der Waals surface area contributed by atoms with Crippen LogP contribution in [-0.4, -0.2) is 37.2 Å². The number of unbranched alkanes of at least 4 members (excludes halogenated alkanes) is 30. The van der Waals surface area contributed by atoms with Gasteiger partial charge >= 0.3 is 17.9 Å². The Labute approximate surface area is 409 Å². The molecule has 0 aliphatic rings. The van der Waals surface area contributed by atoms with Gasteiger partial charge in [0.15, 0.2) is 6.10 Å². The van der Waals surface area contributed by atoms with E-state index in [0.717, 1.165) is 83.5 Å². The summed E-state index contributed by atoms with van der Waals surface area (Å²) < 4.78 is 16.8. The Kier molecular flexibility index (Phi) is 52.3. The molecule has 0 amide bonds. The quantitative estimate of drug-likeness (QED) is 0.0262. The molecule has 0 aromatic heterocycles. The van der Waals surface area contributed by atoms with Crippen molar-refractivity contribution < 1.29 is 28.6 Å². The number of rotatable bonds is 51. The van der Waals surface area contributed by atoms with E-state index >= 15 is 0 Å². The molecule has 0 heterocycles. The van der Waals surface area contributed by atoms with Gasteiger partial charge in [-0.05, 0) is 109 Å². The van der Waals surface area contributed by atoms with E-state index in [4.69, 9.17) is 14.2 Å². The molecule has 0 bridgehead atoms. The van der Waals surface area contributed by atoms with Crippen LogP contribution in [0.3, 0.4) is 0 Å². The van der Waals surface area contributed by atoms with Gasteiger partial charge in [-0.3, -0.25) is 14.4 Å². The molecule has 66 heavy (non-hydrogen) atoms. The summed E-state index contributed by atoms with van der Waals surface area (Å²) in [6.07, 6.45) is 67.8. The zero-order valence-electron chi connectivity index (χ0n) is 43.7. The first-order valence-corrected chi connectivity index (χ1v) is 28.3. The van der Waals surface area contributed by atoms with Gasteiger partial charge in [0.1, 0.15) is 13.2 Å². The lowest BCUT2D eigenvalue weighted by molar-refractivity contribution is -0.167. The maximum atomic E-state index is 12.8. The summed E-state index contributed by atoms with van der Waals surface area (Å²) in [5.74, 6) is -0.935. The average Bonchev–Trinajstić information content (AvgIpc) is 3.31. The molecular formula is C60H106O6. The molecule has 0 saturated heterocycles. The molecule has 0 spiro atoms. The van der Waals surface area contributed by atoms with Crippen molar-refractivity contribution in [1.29, 1.82) is 0 Å². The third-order valence-corrected chi connectivity index (χ3v) is 12.2. The van der Waals surface area contributed by atoms with E-state index in [0.29, 0.717) is 19.3 Å². The number of ether oxygens (including phenoxy) is 3. The van der Waals surface area contributed by atoms with Gasteiger partial charge in [-0.1, -0.05) is 216 Å². The van der Waals surface area contributed by atoms with Gasteiger partial charge in [-0.25, -0.2) is 0 Å². The molecule has 0 unspecified atom stereocenters. The number of carbonyl (C=O) groups is 3. The first kappa shape index (κ1) is 63.1. The van der Waals surface area contributed by atoms with Crippen molar-refractivity contribution in [2.75, 3.05) is 13.2 Å². The summed E-state index contributed by atoms with van der Waals surface area (Å²) >= 11 is 0. The first-order chi connectivity index (χ1) is 32.5. The van der Waals surface area contributed by atoms with E-state index in [9.17, 15) is 14.4 Å². The Hall–Kier alpha value is -2.89. The molecule has 0 aromatic rings. The Morgan fingerprint density at radius 1 is 0.303 bits per heavy atom. The summed E-state index contributed by atoms with van der Waals surface area (Å²) in [7, 11) is 0. The summed E-state index contributed by atoms with van der Waals surface area (Å²) in [4.78, 5) is 38.1. The van der Waals surface area contributed by atoms with Gasteiger partial charge in [0.25, 0.3) is 0 Å². The number of allylic oxidation sites excluding steroid dienone is 10. The van der Waals surface area contributed by atoms with Crippen molar-refractivity contribution in [3.63, 3.8) is 0 Å². The molecule has 0 aliphatic heterocycles. The van der Waals surface area contributed by atoms with Crippen LogP contribution in [0, 0.1) is 0 Å². The second-order valence-corrected chi connectivity index (χ2v) is 18.8. The van der Waals surface area contributed by atoms with E-state index in [1.165, 1.54) is 161 Å². The fourth-order valence-electron chi connectivity index (χ4n) is 7.91. The summed E-state index contributed by atoms with van der Waals surface area (Å²) in [6.45, 7) is 6.58. The van der Waals surface area contributed by atoms with E-state index in [-0.39, 0.29) is 31.1 Å². The molecule has 0 aromatic carbocycles. The van der Waals surface area contributed by atoms with Gasteiger partial charge in [-0.2, -0.15) is 0 Å². The second-order valence-electron chi connectivity index (χ2n) is 18.8. The van der Waals surface area contributed by atoms with Crippen LogP contribution in [-0.2, 0) is 28.6 Å². The highest BCUT2D eigenvalue weighted by molar-refractivity contribution is 5.71. The monoisotopic (exact) mass is 923 g/mol. The normalized spacial score (nSPS) is 12.5. The molecule has 1 atom stereocenters. The second kappa shape index (κ2) is 54.7. The van der Waals surface area contributed by atoms with Crippen LogP contribution in [0.5, 0.6) is 0 Å². The van der Waals surface area contributed by atoms with Crippen LogP contribution in [0.25, 0.3) is 0 Å². The van der Waals surface area contributed by atoms with Crippen molar-refractivity contribution >= 4 is 17.9 Å². The van der Waals surface area contributed by atoms with E-state index in [1.54, 1.807) is 0 Å². The number of esters is 3. The van der Waals surface area contributed by atoms with Crippen molar-refractivity contribution in [3.05, 3.63) is 60.8 Å². The third-order valence-electron chi connectivity index (χ3n) is 12.2. The highest BCUT2D eigenvalue weighted by atomic mass is 16.6. The lowest BCUT2D eigenvalue weighted by Gasteiger charge is -2.18. The zero-order valence-corrected chi connectivity index (χ0v) is 43.7. The molecule has 0 radical (unpaired) electrons. The van der Waals surface area contributed by atoms with Crippen molar-refractivity contribution in [3.8, 4) is 0 Å². The molecular weight excluding hydrogens is 817 g/mol. The summed E-state index contributed by atoms with van der Waals surface area (Å²) in [5, 5.41) is 0. The number of hydrogen-bond acceptors (Lipinski definition) is 6. The molecule has 6 heteroatoms. The van der Waals surface area contributed by atoms with Crippen molar-refractivity contribution in [2.45, 2.75) is 290 Å². The molecule has 0 aliphatic carbocycles. The molecule has 0 N–H and O–H groups in total. The van der Waals surface area contributed by atoms with Crippen molar-refractivity contribution in [2.24, 2.45) is 0 Å². The Balaban J connectivity index is 4.44. The van der Waals surface area contributed by atoms with Gasteiger partial charge in [0, 0.05) is 19.3 Å². The van der Waals surface area contributed by atoms with E-state index < -0.39 is 6.10 Å². The van der Waals surface area contributed by atoms with Gasteiger partial charge in [0.05, 0.1) is 0 Å². The minimum atomic E-state index is -0.795. The SMILES string of the molecule is CCCCC/C=C\C/C=C\C/C=C\CCCCC(=O)OC[C@H](COC(=O)CCCCCCCCC/C=C\CCCCCCCC)OC(=O)CCCCCCC/C=C\CCCCCCCCC. The fraction of sp³-hybridized carbons (Fsp3) is 0.783. The molecule has 0 fully saturated rings. The number of carbonyl (C=O) groups excluding carboxylic acids is 3. The first-order valence-electron chi connectivity index (χ1n) is 28.3. The van der Waals surface area contributed by atoms with Crippen LogP contribution in [0.15, 0.2) is 60.8 Å². The van der Waals surface area contributed by atoms with Gasteiger partial charge in [0.2, 0.25) is 0 Å². The average molecular weight is 924 g/mol. The Morgan fingerprint density at radius 3 is 0.924 bits per heavy atom. The maximum absolute atomic E-state index is 12.8. The maximum Gasteiger partial charge on any atom is 0.306 e. The van der Waals surface area contributed by atoms with Crippen LogP contribution in [0.1, 0.15) is 284 Å². The highest BCUT2D eigenvalue weighted by Gasteiger charge is 2.19. The van der Waals surface area contributed by atoms with Crippen LogP contribution in [0.2, 0.25) is 0 Å². The van der Waals surface area contributed by atoms with Crippen LogP contribution < -0.4 is 0 Å². The summed E-state index contributed by atoms with van der Waals surface area (Å²) in [5.41, 5.74) is 0. The smallest absolute Gasteiger partial charge is 0.306 e. The minimum absolute atomic E-state index is 0.0910. The topological polar surface area (TPSA) is 78.9 Å². The highest BCUT2D eigenvalue weighted by Crippen LogP contribution is 2.15. The van der Waals surface area contributed by atoms with E-state index in [1.807, 2.05) is 0 Å². The van der Waals surface area contributed by atoms with Crippen LogP contribution >= 0.6 is 0 Å². The lowest BCUT2D eigenvalue weighted by Crippen LogP contribution is -2.30. The fourth-order valence-corrected chi connectivity index (χ4v) is 7.91. The predicted octanol–water partition coefficient (Wildman–Crippen LogP) is 18.8.